The summed E-state index contributed by atoms with van der Waals surface area (Å²) in [5.41, 5.74) is 8.90. The Balaban J connectivity index is 2.17. The maximum absolute atomic E-state index is 9.06. The Hall–Kier alpha value is -2.38. The van der Waals surface area contributed by atoms with Gasteiger partial charge in [-0.2, -0.15) is 5.26 Å². The molecule has 102 valence electrons. The van der Waals surface area contributed by atoms with Crippen molar-refractivity contribution in [2.24, 2.45) is 5.73 Å². The molecule has 20 heavy (non-hydrogen) atoms. The highest BCUT2D eigenvalue weighted by atomic mass is 16.5. The summed E-state index contributed by atoms with van der Waals surface area (Å²) in [6.45, 7) is 2.82. The van der Waals surface area contributed by atoms with Gasteiger partial charge in [0, 0.05) is 17.7 Å². The summed E-state index contributed by atoms with van der Waals surface area (Å²) < 4.78 is 5.80. The molecule has 0 aliphatic heterocycles. The van der Waals surface area contributed by atoms with E-state index in [2.05, 4.69) is 11.1 Å². The standard InChI is InChI=1S/C16H17N3O/c1-12-6-7-16(15(19-12)8-9-17)20-11-14-5-3-2-4-13(14)10-18/h2-7H,8-9,11,17H2,1H3. The molecule has 0 spiro atoms. The van der Waals surface area contributed by atoms with Crippen LogP contribution in [0.4, 0.5) is 0 Å². The highest BCUT2D eigenvalue weighted by Gasteiger charge is 2.07. The van der Waals surface area contributed by atoms with Crippen LogP contribution in [0.25, 0.3) is 0 Å². The van der Waals surface area contributed by atoms with Gasteiger partial charge in [0.1, 0.15) is 12.4 Å². The third kappa shape index (κ3) is 3.34. The number of aryl methyl sites for hydroxylation is 1. The molecule has 0 amide bonds. The van der Waals surface area contributed by atoms with Crippen LogP contribution < -0.4 is 10.5 Å². The summed E-state index contributed by atoms with van der Waals surface area (Å²) in [6, 6.07) is 13.4. The Morgan fingerprint density at radius 2 is 2.05 bits per heavy atom. The first-order chi connectivity index (χ1) is 9.74. The molecule has 0 bridgehead atoms. The minimum atomic E-state index is 0.353. The summed E-state index contributed by atoms with van der Waals surface area (Å²) >= 11 is 0. The zero-order valence-electron chi connectivity index (χ0n) is 11.5. The fourth-order valence-corrected chi connectivity index (χ4v) is 1.96. The Morgan fingerprint density at radius 1 is 1.25 bits per heavy atom. The minimum Gasteiger partial charge on any atom is -0.487 e. The molecule has 2 aromatic rings. The smallest absolute Gasteiger partial charge is 0.141 e. The van der Waals surface area contributed by atoms with Gasteiger partial charge in [-0.05, 0) is 31.7 Å². The highest BCUT2D eigenvalue weighted by Crippen LogP contribution is 2.19. The van der Waals surface area contributed by atoms with E-state index in [9.17, 15) is 0 Å². The molecular weight excluding hydrogens is 250 g/mol. The van der Waals surface area contributed by atoms with Crippen LogP contribution in [0, 0.1) is 18.3 Å². The van der Waals surface area contributed by atoms with E-state index in [0.29, 0.717) is 25.1 Å². The third-order valence-corrected chi connectivity index (χ3v) is 2.97. The van der Waals surface area contributed by atoms with Gasteiger partial charge in [-0.3, -0.25) is 4.98 Å². The lowest BCUT2D eigenvalue weighted by Gasteiger charge is -2.11. The Bertz CT molecular complexity index is 632. The van der Waals surface area contributed by atoms with E-state index >= 15 is 0 Å². The van der Waals surface area contributed by atoms with Crippen molar-refractivity contribution in [1.29, 1.82) is 5.26 Å². The van der Waals surface area contributed by atoms with Gasteiger partial charge in [0.05, 0.1) is 17.3 Å². The Kier molecular flexibility index (Phi) is 4.70. The number of nitrogens with zero attached hydrogens (tertiary/aromatic N) is 2. The number of benzene rings is 1. The molecule has 1 aromatic heterocycles. The summed E-state index contributed by atoms with van der Waals surface area (Å²) in [6.07, 6.45) is 0.677. The number of nitrogens with two attached hydrogens (primary N) is 1. The molecule has 2 N–H and O–H groups in total. The van der Waals surface area contributed by atoms with Crippen LogP contribution in [0.2, 0.25) is 0 Å². The number of hydrogen-bond donors (Lipinski definition) is 1. The fraction of sp³-hybridized carbons (Fsp3) is 0.250. The van der Waals surface area contributed by atoms with Gasteiger partial charge in [-0.15, -0.1) is 0 Å². The lowest BCUT2D eigenvalue weighted by Crippen LogP contribution is -2.08. The summed E-state index contributed by atoms with van der Waals surface area (Å²) in [5, 5.41) is 9.06. The first-order valence-corrected chi connectivity index (χ1v) is 6.52. The number of aromatic nitrogens is 1. The molecule has 2 rings (SSSR count). The number of nitriles is 1. The van der Waals surface area contributed by atoms with Crippen LogP contribution >= 0.6 is 0 Å². The molecule has 0 fully saturated rings. The number of rotatable bonds is 5. The minimum absolute atomic E-state index is 0.353. The predicted octanol–water partition coefficient (Wildman–Crippen LogP) is 2.34. The van der Waals surface area contributed by atoms with Crippen molar-refractivity contribution in [2.45, 2.75) is 20.0 Å². The second-order valence-corrected chi connectivity index (χ2v) is 4.49. The molecule has 0 unspecified atom stereocenters. The SMILES string of the molecule is Cc1ccc(OCc2ccccc2C#N)c(CCN)n1. The van der Waals surface area contributed by atoms with Crippen molar-refractivity contribution >= 4 is 0 Å². The second kappa shape index (κ2) is 6.69. The van der Waals surface area contributed by atoms with Crippen molar-refractivity contribution in [3.8, 4) is 11.8 Å². The number of hydrogen-bond acceptors (Lipinski definition) is 4. The normalized spacial score (nSPS) is 10.1. The van der Waals surface area contributed by atoms with Crippen molar-refractivity contribution in [2.75, 3.05) is 6.54 Å². The van der Waals surface area contributed by atoms with Crippen LogP contribution in [0.15, 0.2) is 36.4 Å². The lowest BCUT2D eigenvalue weighted by atomic mass is 10.1. The van der Waals surface area contributed by atoms with Gasteiger partial charge >= 0.3 is 0 Å². The van der Waals surface area contributed by atoms with E-state index in [1.807, 2.05) is 37.3 Å². The molecule has 0 atom stereocenters. The predicted molar refractivity (Wildman–Crippen MR) is 77.2 cm³/mol. The number of ether oxygens (including phenoxy) is 1. The van der Waals surface area contributed by atoms with Gasteiger partial charge in [-0.25, -0.2) is 0 Å². The summed E-state index contributed by atoms with van der Waals surface area (Å²) in [5.74, 6) is 0.730. The molecule has 0 aliphatic rings. The largest absolute Gasteiger partial charge is 0.487 e. The molecule has 0 saturated carbocycles. The van der Waals surface area contributed by atoms with E-state index in [4.69, 9.17) is 15.7 Å². The van der Waals surface area contributed by atoms with Crippen LogP contribution in [0.1, 0.15) is 22.5 Å². The average molecular weight is 267 g/mol. The van der Waals surface area contributed by atoms with Crippen LogP contribution in [-0.4, -0.2) is 11.5 Å². The van der Waals surface area contributed by atoms with Gasteiger partial charge in [0.2, 0.25) is 0 Å². The Morgan fingerprint density at radius 3 is 2.80 bits per heavy atom. The van der Waals surface area contributed by atoms with Gasteiger partial charge in [-0.1, -0.05) is 18.2 Å². The van der Waals surface area contributed by atoms with Crippen LogP contribution in [0.3, 0.4) is 0 Å². The zero-order chi connectivity index (χ0) is 14.4. The maximum atomic E-state index is 9.06. The maximum Gasteiger partial charge on any atom is 0.141 e. The van der Waals surface area contributed by atoms with Crippen LogP contribution in [-0.2, 0) is 13.0 Å². The Labute approximate surface area is 118 Å². The molecule has 0 aliphatic carbocycles. The van der Waals surface area contributed by atoms with E-state index in [1.165, 1.54) is 0 Å². The lowest BCUT2D eigenvalue weighted by molar-refractivity contribution is 0.301. The molecule has 1 heterocycles. The molecule has 4 nitrogen and oxygen atoms in total. The highest BCUT2D eigenvalue weighted by molar-refractivity contribution is 5.37. The van der Waals surface area contributed by atoms with E-state index in [-0.39, 0.29) is 0 Å². The zero-order valence-corrected chi connectivity index (χ0v) is 11.5. The van der Waals surface area contributed by atoms with Crippen molar-refractivity contribution in [3.63, 3.8) is 0 Å². The summed E-state index contributed by atoms with van der Waals surface area (Å²) in [7, 11) is 0. The number of pyridine rings is 1. The second-order valence-electron chi connectivity index (χ2n) is 4.49. The first-order valence-electron chi connectivity index (χ1n) is 6.52. The van der Waals surface area contributed by atoms with Crippen LogP contribution in [0.5, 0.6) is 5.75 Å². The molecule has 0 radical (unpaired) electrons. The van der Waals surface area contributed by atoms with E-state index in [0.717, 1.165) is 22.7 Å². The molecule has 1 aromatic carbocycles. The van der Waals surface area contributed by atoms with Gasteiger partial charge in [0.25, 0.3) is 0 Å². The monoisotopic (exact) mass is 267 g/mol. The first kappa shape index (κ1) is 14.0. The fourth-order valence-electron chi connectivity index (χ4n) is 1.96. The topological polar surface area (TPSA) is 71.9 Å². The van der Waals surface area contributed by atoms with Gasteiger partial charge in [0.15, 0.2) is 0 Å². The van der Waals surface area contributed by atoms with Gasteiger partial charge < -0.3 is 10.5 Å². The van der Waals surface area contributed by atoms with E-state index < -0.39 is 0 Å². The van der Waals surface area contributed by atoms with E-state index in [1.54, 1.807) is 6.07 Å². The van der Waals surface area contributed by atoms with Crippen molar-refractivity contribution in [1.82, 2.24) is 4.98 Å². The van der Waals surface area contributed by atoms with Crippen molar-refractivity contribution in [3.05, 3.63) is 58.9 Å². The average Bonchev–Trinajstić information content (AvgIpc) is 2.47. The third-order valence-electron chi connectivity index (χ3n) is 2.97. The molecule has 0 saturated heterocycles. The molecule has 4 heteroatoms. The van der Waals surface area contributed by atoms with Crippen molar-refractivity contribution < 1.29 is 4.74 Å². The quantitative estimate of drug-likeness (QED) is 0.902. The summed E-state index contributed by atoms with van der Waals surface area (Å²) in [4.78, 5) is 4.45. The molecular formula is C16H17N3O.